The molecule has 0 fully saturated rings. The first-order chi connectivity index (χ1) is 8.31. The van der Waals surface area contributed by atoms with E-state index in [2.05, 4.69) is 4.98 Å². The fourth-order valence-electron chi connectivity index (χ4n) is 1.72. The maximum atomic E-state index is 13.3. The van der Waals surface area contributed by atoms with Gasteiger partial charge in [-0.2, -0.15) is 8.78 Å². The summed E-state index contributed by atoms with van der Waals surface area (Å²) >= 11 is 0. The van der Waals surface area contributed by atoms with Gasteiger partial charge in [0.05, 0.1) is 17.9 Å². The summed E-state index contributed by atoms with van der Waals surface area (Å²) in [6, 6.07) is 1.28. The van der Waals surface area contributed by atoms with Crippen LogP contribution < -0.4 is 0 Å². The molecular weight excluding hydrogens is 240 g/mol. The van der Waals surface area contributed by atoms with Crippen molar-refractivity contribution in [2.75, 3.05) is 6.61 Å². The van der Waals surface area contributed by atoms with E-state index in [0.717, 1.165) is 6.92 Å². The fraction of sp³-hybridized carbons (Fsp3) is 0.538. The highest BCUT2D eigenvalue weighted by molar-refractivity contribution is 5.92. The molecule has 0 aromatic carbocycles. The fourth-order valence-corrected chi connectivity index (χ4v) is 1.72. The molecule has 1 aromatic rings. The quantitative estimate of drug-likeness (QED) is 0.777. The molecule has 0 aliphatic rings. The normalized spacial score (nSPS) is 11.4. The first kappa shape index (κ1) is 14.5. The zero-order chi connectivity index (χ0) is 13.9. The van der Waals surface area contributed by atoms with E-state index >= 15 is 0 Å². The van der Waals surface area contributed by atoms with Crippen molar-refractivity contribution in [3.63, 3.8) is 0 Å². The number of hydrogen-bond acceptors (Lipinski definition) is 3. The molecule has 0 aliphatic heterocycles. The monoisotopic (exact) mass is 257 g/mol. The maximum absolute atomic E-state index is 13.3. The number of carbonyl (C=O) groups is 1. The summed E-state index contributed by atoms with van der Waals surface area (Å²) < 4.78 is 31.4. The minimum absolute atomic E-state index is 0.243. The van der Waals surface area contributed by atoms with E-state index in [9.17, 15) is 13.6 Å². The Kier molecular flexibility index (Phi) is 4.38. The van der Waals surface area contributed by atoms with Gasteiger partial charge in [-0.25, -0.2) is 4.79 Å². The average Bonchev–Trinajstić information content (AvgIpc) is 2.26. The van der Waals surface area contributed by atoms with Crippen molar-refractivity contribution in [2.24, 2.45) is 0 Å². The van der Waals surface area contributed by atoms with E-state index in [-0.39, 0.29) is 18.0 Å². The Hall–Kier alpha value is -1.52. The number of hydrogen-bond donors (Lipinski definition) is 0. The van der Waals surface area contributed by atoms with Crippen LogP contribution in [0, 0.1) is 6.92 Å². The van der Waals surface area contributed by atoms with Crippen LogP contribution in [-0.4, -0.2) is 17.6 Å². The van der Waals surface area contributed by atoms with E-state index in [0.29, 0.717) is 17.5 Å². The minimum Gasteiger partial charge on any atom is -0.462 e. The highest BCUT2D eigenvalue weighted by atomic mass is 19.3. The molecule has 1 aromatic heterocycles. The molecule has 100 valence electrons. The van der Waals surface area contributed by atoms with Crippen molar-refractivity contribution in [1.29, 1.82) is 0 Å². The zero-order valence-corrected chi connectivity index (χ0v) is 11.0. The second kappa shape index (κ2) is 5.42. The van der Waals surface area contributed by atoms with Crippen molar-refractivity contribution < 1.29 is 18.3 Å². The molecule has 1 rings (SSSR count). The van der Waals surface area contributed by atoms with Crippen molar-refractivity contribution in [1.82, 2.24) is 4.98 Å². The Balaban J connectivity index is 3.33. The Bertz CT molecular complexity index is 453. The van der Waals surface area contributed by atoms with Gasteiger partial charge >= 0.3 is 5.97 Å². The molecule has 0 spiro atoms. The van der Waals surface area contributed by atoms with Crippen LogP contribution in [0.25, 0.3) is 0 Å². The van der Waals surface area contributed by atoms with Gasteiger partial charge in [0.2, 0.25) is 0 Å². The highest BCUT2D eigenvalue weighted by Crippen LogP contribution is 2.28. The minimum atomic E-state index is -3.01. The predicted octanol–water partition coefficient (Wildman–Crippen LogP) is 3.24. The predicted molar refractivity (Wildman–Crippen MR) is 63.9 cm³/mol. The van der Waals surface area contributed by atoms with E-state index in [1.54, 1.807) is 20.8 Å². The molecular formula is C13H17F2NO2. The van der Waals surface area contributed by atoms with Gasteiger partial charge < -0.3 is 4.74 Å². The third kappa shape index (κ3) is 3.03. The number of carbonyl (C=O) groups excluding carboxylic acids is 1. The van der Waals surface area contributed by atoms with Crippen LogP contribution in [0.1, 0.15) is 48.1 Å². The van der Waals surface area contributed by atoms with Crippen LogP contribution in [0.4, 0.5) is 8.78 Å². The van der Waals surface area contributed by atoms with Gasteiger partial charge in [-0.05, 0) is 31.9 Å². The molecule has 0 unspecified atom stereocenters. The third-order valence-electron chi connectivity index (χ3n) is 2.59. The molecule has 0 aliphatic carbocycles. The van der Waals surface area contributed by atoms with Crippen molar-refractivity contribution in [3.05, 3.63) is 28.6 Å². The van der Waals surface area contributed by atoms with Gasteiger partial charge in [-0.3, -0.25) is 4.98 Å². The first-order valence-electron chi connectivity index (χ1n) is 5.87. The van der Waals surface area contributed by atoms with Crippen LogP contribution in [0.3, 0.4) is 0 Å². The summed E-state index contributed by atoms with van der Waals surface area (Å²) in [5, 5.41) is 0. The number of aromatic nitrogens is 1. The van der Waals surface area contributed by atoms with Crippen LogP contribution in [-0.2, 0) is 17.1 Å². The Morgan fingerprint density at radius 3 is 2.50 bits per heavy atom. The van der Waals surface area contributed by atoms with Crippen LogP contribution in [0.5, 0.6) is 0 Å². The summed E-state index contributed by atoms with van der Waals surface area (Å²) in [5.74, 6) is -3.52. The van der Waals surface area contributed by atoms with Crippen LogP contribution in [0.15, 0.2) is 6.07 Å². The number of nitrogens with zero attached hydrogens (tertiary/aromatic N) is 1. The molecule has 3 nitrogen and oxygen atoms in total. The third-order valence-corrected chi connectivity index (χ3v) is 2.59. The molecule has 1 heterocycles. The van der Waals surface area contributed by atoms with Gasteiger partial charge in [0.15, 0.2) is 0 Å². The molecule has 0 N–H and O–H groups in total. The maximum Gasteiger partial charge on any atom is 0.340 e. The van der Waals surface area contributed by atoms with Crippen molar-refractivity contribution in [2.45, 2.75) is 40.0 Å². The average molecular weight is 257 g/mol. The number of pyridine rings is 1. The summed E-state index contributed by atoms with van der Waals surface area (Å²) in [6.45, 7) is 6.07. The number of halogens is 2. The Morgan fingerprint density at radius 2 is 2.06 bits per heavy atom. The zero-order valence-electron chi connectivity index (χ0n) is 11.0. The molecule has 0 atom stereocenters. The highest BCUT2D eigenvalue weighted by Gasteiger charge is 2.29. The lowest BCUT2D eigenvalue weighted by Crippen LogP contribution is -2.17. The van der Waals surface area contributed by atoms with Crippen LogP contribution in [0.2, 0.25) is 0 Å². The van der Waals surface area contributed by atoms with Gasteiger partial charge in [0, 0.05) is 6.92 Å². The lowest BCUT2D eigenvalue weighted by Gasteiger charge is -2.15. The Labute approximate surface area is 105 Å². The smallest absolute Gasteiger partial charge is 0.340 e. The lowest BCUT2D eigenvalue weighted by molar-refractivity contribution is 0.0123. The topological polar surface area (TPSA) is 39.2 Å². The van der Waals surface area contributed by atoms with E-state index in [1.165, 1.54) is 6.07 Å². The molecule has 0 saturated heterocycles. The Morgan fingerprint density at radius 1 is 1.44 bits per heavy atom. The molecule has 0 radical (unpaired) electrons. The summed E-state index contributed by atoms with van der Waals surface area (Å²) in [5.41, 5.74) is 0.805. The van der Waals surface area contributed by atoms with E-state index in [4.69, 9.17) is 4.74 Å². The van der Waals surface area contributed by atoms with Gasteiger partial charge in [0.25, 0.3) is 5.92 Å². The van der Waals surface area contributed by atoms with Gasteiger partial charge in [-0.1, -0.05) is 6.92 Å². The largest absolute Gasteiger partial charge is 0.462 e. The molecule has 0 bridgehead atoms. The van der Waals surface area contributed by atoms with Crippen LogP contribution >= 0.6 is 0 Å². The number of ether oxygens (including phenoxy) is 1. The second-order valence-corrected chi connectivity index (χ2v) is 4.09. The molecule has 5 heteroatoms. The van der Waals surface area contributed by atoms with Gasteiger partial charge in [0.1, 0.15) is 5.69 Å². The second-order valence-electron chi connectivity index (χ2n) is 4.09. The molecule has 18 heavy (non-hydrogen) atoms. The summed E-state index contributed by atoms with van der Waals surface area (Å²) in [4.78, 5) is 15.6. The number of aryl methyl sites for hydroxylation is 2. The lowest BCUT2D eigenvalue weighted by atomic mass is 10.0. The molecule has 0 amide bonds. The summed E-state index contributed by atoms with van der Waals surface area (Å²) in [6.07, 6.45) is 0.473. The first-order valence-corrected chi connectivity index (χ1v) is 5.87. The summed E-state index contributed by atoms with van der Waals surface area (Å²) in [7, 11) is 0. The standard InChI is InChI=1S/C13H17F2NO2/c1-5-9-7-10(13(4,14)15)16-8(3)11(9)12(17)18-6-2/h7H,5-6H2,1-4H3. The van der Waals surface area contributed by atoms with Crippen molar-refractivity contribution in [3.8, 4) is 0 Å². The van der Waals surface area contributed by atoms with E-state index < -0.39 is 11.9 Å². The van der Waals surface area contributed by atoms with Crippen molar-refractivity contribution >= 4 is 5.97 Å². The van der Waals surface area contributed by atoms with E-state index in [1.807, 2.05) is 0 Å². The SMILES string of the molecule is CCOC(=O)c1c(CC)cc(C(C)(F)F)nc1C. The van der Waals surface area contributed by atoms with Gasteiger partial charge in [-0.15, -0.1) is 0 Å². The molecule has 0 saturated carbocycles. The number of rotatable bonds is 4. The number of alkyl halides is 2. The number of esters is 1.